The van der Waals surface area contributed by atoms with E-state index >= 15 is 0 Å². The highest BCUT2D eigenvalue weighted by molar-refractivity contribution is 5.87. The molecule has 0 radical (unpaired) electrons. The summed E-state index contributed by atoms with van der Waals surface area (Å²) in [6.45, 7) is 0.993. The van der Waals surface area contributed by atoms with Gasteiger partial charge in [-0.15, -0.1) is 0 Å². The first-order chi connectivity index (χ1) is 12.3. The number of nitrogens with one attached hydrogen (secondary N) is 1. The van der Waals surface area contributed by atoms with Gasteiger partial charge in [0.15, 0.2) is 0 Å². The van der Waals surface area contributed by atoms with Gasteiger partial charge in [0.2, 0.25) is 0 Å². The molecular formula is C23H23NO. The number of fused-ring (bicyclic) bond motifs is 4. The zero-order valence-electron chi connectivity index (χ0n) is 14.3. The van der Waals surface area contributed by atoms with E-state index in [-0.39, 0.29) is 12.0 Å². The van der Waals surface area contributed by atoms with Gasteiger partial charge in [-0.3, -0.25) is 0 Å². The molecule has 0 aromatic heterocycles. The Morgan fingerprint density at radius 2 is 1.68 bits per heavy atom. The van der Waals surface area contributed by atoms with Crippen LogP contribution in [-0.4, -0.2) is 11.7 Å². The molecule has 25 heavy (non-hydrogen) atoms. The minimum atomic E-state index is -0.418. The Kier molecular flexibility index (Phi) is 3.61. The molecular weight excluding hydrogens is 306 g/mol. The lowest BCUT2D eigenvalue weighted by atomic mass is 9.73. The molecule has 3 atom stereocenters. The first-order valence-corrected chi connectivity index (χ1v) is 9.33. The minimum absolute atomic E-state index is 0.222. The lowest BCUT2D eigenvalue weighted by Gasteiger charge is -2.39. The van der Waals surface area contributed by atoms with E-state index < -0.39 is 6.10 Å². The van der Waals surface area contributed by atoms with E-state index in [4.69, 9.17) is 0 Å². The molecule has 0 bridgehead atoms. The molecule has 1 heterocycles. The summed E-state index contributed by atoms with van der Waals surface area (Å²) in [5.74, 6) is 0.222. The summed E-state index contributed by atoms with van der Waals surface area (Å²) in [7, 11) is 0. The van der Waals surface area contributed by atoms with E-state index in [0.29, 0.717) is 0 Å². The van der Waals surface area contributed by atoms with Crippen molar-refractivity contribution in [3.05, 3.63) is 82.9 Å². The zero-order valence-corrected chi connectivity index (χ0v) is 14.3. The maximum absolute atomic E-state index is 11.4. The van der Waals surface area contributed by atoms with Gasteiger partial charge in [-0.2, -0.15) is 0 Å². The molecule has 1 aliphatic heterocycles. The second kappa shape index (κ2) is 5.98. The largest absolute Gasteiger partial charge is 0.388 e. The van der Waals surface area contributed by atoms with Gasteiger partial charge in [-0.25, -0.2) is 0 Å². The standard InChI is InChI=1S/C23H23NO/c25-23-20(22-19-8-4-2-6-16(19)13-14-24-22)12-11-17-10-9-15-5-1-3-7-18(15)21(17)23/h1-10,20,22-25H,11-14H2/t20-,22+,23-/m1/s1. The Labute approximate surface area is 148 Å². The van der Waals surface area contributed by atoms with Crippen LogP contribution in [0.15, 0.2) is 60.7 Å². The van der Waals surface area contributed by atoms with Crippen molar-refractivity contribution in [1.82, 2.24) is 5.32 Å². The summed E-state index contributed by atoms with van der Waals surface area (Å²) in [5, 5.41) is 17.5. The SMILES string of the molecule is O[C@H]1c2c(ccc3ccccc23)CC[C@@H]1[C@H]1NCCc2ccccc21. The fourth-order valence-electron chi connectivity index (χ4n) is 4.87. The third kappa shape index (κ3) is 2.40. The molecule has 126 valence electrons. The van der Waals surface area contributed by atoms with E-state index in [1.807, 2.05) is 0 Å². The van der Waals surface area contributed by atoms with Crippen molar-refractivity contribution >= 4 is 10.8 Å². The number of benzene rings is 3. The molecule has 0 saturated carbocycles. The molecule has 0 amide bonds. The van der Waals surface area contributed by atoms with Crippen LogP contribution in [0, 0.1) is 5.92 Å². The van der Waals surface area contributed by atoms with Crippen LogP contribution in [0.1, 0.15) is 40.8 Å². The molecule has 5 rings (SSSR count). The highest BCUT2D eigenvalue weighted by atomic mass is 16.3. The Morgan fingerprint density at radius 1 is 0.840 bits per heavy atom. The normalized spacial score (nSPS) is 25.4. The summed E-state index contributed by atoms with van der Waals surface area (Å²) >= 11 is 0. The molecule has 1 aliphatic carbocycles. The quantitative estimate of drug-likeness (QED) is 0.697. The average molecular weight is 329 g/mol. The van der Waals surface area contributed by atoms with Crippen LogP contribution in [0.2, 0.25) is 0 Å². The number of hydrogen-bond donors (Lipinski definition) is 2. The summed E-state index contributed by atoms with van der Waals surface area (Å²) in [5.41, 5.74) is 5.27. The monoisotopic (exact) mass is 329 g/mol. The Hall–Kier alpha value is -2.16. The molecule has 0 spiro atoms. The molecule has 0 unspecified atom stereocenters. The van der Waals surface area contributed by atoms with Crippen LogP contribution in [-0.2, 0) is 12.8 Å². The van der Waals surface area contributed by atoms with Gasteiger partial charge in [-0.1, -0.05) is 60.7 Å². The third-order valence-corrected chi connectivity index (χ3v) is 6.09. The lowest BCUT2D eigenvalue weighted by Crippen LogP contribution is -2.39. The first kappa shape index (κ1) is 15.1. The number of aliphatic hydroxyl groups is 1. The van der Waals surface area contributed by atoms with E-state index in [9.17, 15) is 5.11 Å². The van der Waals surface area contributed by atoms with Crippen LogP contribution in [0.3, 0.4) is 0 Å². The van der Waals surface area contributed by atoms with Crippen molar-refractivity contribution in [2.24, 2.45) is 5.92 Å². The van der Waals surface area contributed by atoms with E-state index in [2.05, 4.69) is 66.0 Å². The lowest BCUT2D eigenvalue weighted by molar-refractivity contribution is 0.0688. The highest BCUT2D eigenvalue weighted by Crippen LogP contribution is 2.45. The van der Waals surface area contributed by atoms with Gasteiger partial charge in [0.05, 0.1) is 6.10 Å². The molecule has 3 aromatic carbocycles. The van der Waals surface area contributed by atoms with E-state index in [1.54, 1.807) is 0 Å². The summed E-state index contributed by atoms with van der Waals surface area (Å²) in [4.78, 5) is 0. The first-order valence-electron chi connectivity index (χ1n) is 9.33. The van der Waals surface area contributed by atoms with Gasteiger partial charge in [0.25, 0.3) is 0 Å². The second-order valence-electron chi connectivity index (χ2n) is 7.39. The van der Waals surface area contributed by atoms with Gasteiger partial charge in [0.1, 0.15) is 0 Å². The predicted molar refractivity (Wildman–Crippen MR) is 102 cm³/mol. The number of hydrogen-bond acceptors (Lipinski definition) is 2. The van der Waals surface area contributed by atoms with Crippen molar-refractivity contribution in [2.45, 2.75) is 31.4 Å². The van der Waals surface area contributed by atoms with Gasteiger partial charge in [-0.05, 0) is 58.8 Å². The number of aliphatic hydroxyl groups excluding tert-OH is 1. The Bertz CT molecular complexity index is 932. The topological polar surface area (TPSA) is 32.3 Å². The van der Waals surface area contributed by atoms with Crippen molar-refractivity contribution in [1.29, 1.82) is 0 Å². The zero-order chi connectivity index (χ0) is 16.8. The van der Waals surface area contributed by atoms with Crippen molar-refractivity contribution in [2.75, 3.05) is 6.54 Å². The molecule has 2 nitrogen and oxygen atoms in total. The fraction of sp³-hybridized carbons (Fsp3) is 0.304. The third-order valence-electron chi connectivity index (χ3n) is 6.09. The second-order valence-corrected chi connectivity index (χ2v) is 7.39. The van der Waals surface area contributed by atoms with E-state index in [0.717, 1.165) is 31.4 Å². The maximum atomic E-state index is 11.4. The minimum Gasteiger partial charge on any atom is -0.388 e. The molecule has 2 N–H and O–H groups in total. The molecule has 2 heteroatoms. The molecule has 3 aromatic rings. The number of rotatable bonds is 1. The number of aryl methyl sites for hydroxylation is 1. The van der Waals surface area contributed by atoms with Crippen LogP contribution >= 0.6 is 0 Å². The van der Waals surface area contributed by atoms with Crippen LogP contribution in [0.25, 0.3) is 10.8 Å². The average Bonchev–Trinajstić information content (AvgIpc) is 2.68. The maximum Gasteiger partial charge on any atom is 0.0845 e. The van der Waals surface area contributed by atoms with E-state index in [1.165, 1.54) is 27.5 Å². The van der Waals surface area contributed by atoms with Crippen molar-refractivity contribution in [3.63, 3.8) is 0 Å². The molecule has 0 saturated heterocycles. The van der Waals surface area contributed by atoms with Gasteiger partial charge < -0.3 is 10.4 Å². The summed E-state index contributed by atoms with van der Waals surface area (Å²) < 4.78 is 0. The van der Waals surface area contributed by atoms with Crippen LogP contribution < -0.4 is 5.32 Å². The molecule has 2 aliphatic rings. The smallest absolute Gasteiger partial charge is 0.0845 e. The fourth-order valence-corrected chi connectivity index (χ4v) is 4.87. The Morgan fingerprint density at radius 3 is 2.64 bits per heavy atom. The van der Waals surface area contributed by atoms with Gasteiger partial charge in [0, 0.05) is 12.0 Å². The predicted octanol–water partition coefficient (Wildman–Crippen LogP) is 4.32. The van der Waals surface area contributed by atoms with Crippen molar-refractivity contribution in [3.8, 4) is 0 Å². The Balaban J connectivity index is 1.60. The van der Waals surface area contributed by atoms with Gasteiger partial charge >= 0.3 is 0 Å². The summed E-state index contributed by atoms with van der Waals surface area (Å²) in [6, 6.07) is 21.8. The highest BCUT2D eigenvalue weighted by Gasteiger charge is 2.37. The van der Waals surface area contributed by atoms with Crippen LogP contribution in [0.4, 0.5) is 0 Å². The summed E-state index contributed by atoms with van der Waals surface area (Å²) in [6.07, 6.45) is 2.73. The van der Waals surface area contributed by atoms with Crippen LogP contribution in [0.5, 0.6) is 0 Å². The van der Waals surface area contributed by atoms with Crippen molar-refractivity contribution < 1.29 is 5.11 Å². The molecule has 0 fully saturated rings.